The monoisotopic (exact) mass is 274 g/mol. The Bertz CT molecular complexity index is 605. The Hall–Kier alpha value is -2.30. The number of ether oxygens (including phenoxy) is 1. The van der Waals surface area contributed by atoms with Gasteiger partial charge in [-0.3, -0.25) is 4.79 Å². The third-order valence-electron chi connectivity index (χ3n) is 3.32. The first kappa shape index (κ1) is 14.1. The molecule has 0 aliphatic carbocycles. The summed E-state index contributed by atoms with van der Waals surface area (Å²) < 4.78 is 7.28. The molecule has 0 unspecified atom stereocenters. The zero-order valence-electron chi connectivity index (χ0n) is 11.7. The first-order valence-electron chi connectivity index (χ1n) is 6.45. The van der Waals surface area contributed by atoms with Crippen molar-refractivity contribution in [1.29, 1.82) is 0 Å². The second-order valence-electron chi connectivity index (χ2n) is 4.61. The molecule has 5 heteroatoms. The van der Waals surface area contributed by atoms with Crippen molar-refractivity contribution in [2.24, 2.45) is 7.05 Å². The van der Waals surface area contributed by atoms with Gasteiger partial charge in [-0.25, -0.2) is 4.98 Å². The predicted octanol–water partition coefficient (Wildman–Crippen LogP) is 2.04. The number of benzene rings is 1. The molecule has 0 spiro atoms. The standard InChI is InChI=1S/C15H18N2O3/c1-17-12(7-8-15(18)19)10-16-14(17)9-11-5-3-4-6-13(11)20-2/h3-6,10H,7-9H2,1-2H3,(H,18,19). The molecule has 1 aromatic carbocycles. The molecule has 0 fully saturated rings. The first-order valence-corrected chi connectivity index (χ1v) is 6.45. The topological polar surface area (TPSA) is 64.3 Å². The molecule has 1 heterocycles. The Morgan fingerprint density at radius 2 is 2.15 bits per heavy atom. The number of methoxy groups -OCH3 is 1. The Balaban J connectivity index is 2.16. The number of nitrogens with zero attached hydrogens (tertiary/aromatic N) is 2. The lowest BCUT2D eigenvalue weighted by molar-refractivity contribution is -0.136. The zero-order chi connectivity index (χ0) is 14.5. The molecule has 0 saturated heterocycles. The van der Waals surface area contributed by atoms with Crippen LogP contribution < -0.4 is 4.74 Å². The fraction of sp³-hybridized carbons (Fsp3) is 0.333. The quantitative estimate of drug-likeness (QED) is 0.875. The third kappa shape index (κ3) is 3.17. The van der Waals surface area contributed by atoms with Crippen LogP contribution in [-0.2, 0) is 24.7 Å². The number of hydrogen-bond donors (Lipinski definition) is 1. The molecule has 5 nitrogen and oxygen atoms in total. The summed E-state index contributed by atoms with van der Waals surface area (Å²) in [6.07, 6.45) is 3.01. The van der Waals surface area contributed by atoms with Crippen molar-refractivity contribution in [3.8, 4) is 5.75 Å². The molecule has 0 atom stereocenters. The van der Waals surface area contributed by atoms with E-state index < -0.39 is 5.97 Å². The van der Waals surface area contributed by atoms with Gasteiger partial charge < -0.3 is 14.4 Å². The number of aryl methyl sites for hydroxylation is 1. The van der Waals surface area contributed by atoms with Crippen LogP contribution in [0.1, 0.15) is 23.5 Å². The largest absolute Gasteiger partial charge is 0.496 e. The minimum Gasteiger partial charge on any atom is -0.496 e. The number of para-hydroxylation sites is 1. The third-order valence-corrected chi connectivity index (χ3v) is 3.32. The highest BCUT2D eigenvalue weighted by molar-refractivity contribution is 5.66. The molecule has 2 aromatic rings. The maximum atomic E-state index is 10.6. The summed E-state index contributed by atoms with van der Waals surface area (Å²) in [4.78, 5) is 15.0. The van der Waals surface area contributed by atoms with Gasteiger partial charge in [0.05, 0.1) is 13.5 Å². The van der Waals surface area contributed by atoms with Crippen LogP contribution in [0, 0.1) is 0 Å². The van der Waals surface area contributed by atoms with E-state index in [0.717, 1.165) is 22.8 Å². The van der Waals surface area contributed by atoms with E-state index in [0.29, 0.717) is 12.8 Å². The predicted molar refractivity (Wildman–Crippen MR) is 75.0 cm³/mol. The number of carboxylic acids is 1. The van der Waals surface area contributed by atoms with Crippen LogP contribution in [0.25, 0.3) is 0 Å². The molecule has 2 rings (SSSR count). The van der Waals surface area contributed by atoms with Crippen LogP contribution in [0.15, 0.2) is 30.5 Å². The summed E-state index contributed by atoms with van der Waals surface area (Å²) in [5, 5.41) is 8.73. The first-order chi connectivity index (χ1) is 9.61. The van der Waals surface area contributed by atoms with Gasteiger partial charge in [0.25, 0.3) is 0 Å². The molecular formula is C15H18N2O3. The summed E-state index contributed by atoms with van der Waals surface area (Å²) in [5.74, 6) is 0.940. The van der Waals surface area contributed by atoms with Gasteiger partial charge in [0, 0.05) is 30.9 Å². The van der Waals surface area contributed by atoms with Crippen molar-refractivity contribution in [3.05, 3.63) is 47.5 Å². The fourth-order valence-corrected chi connectivity index (χ4v) is 2.14. The highest BCUT2D eigenvalue weighted by Gasteiger charge is 2.11. The number of rotatable bonds is 6. The Morgan fingerprint density at radius 3 is 2.85 bits per heavy atom. The summed E-state index contributed by atoms with van der Waals surface area (Å²) in [5.41, 5.74) is 1.99. The van der Waals surface area contributed by atoms with Gasteiger partial charge in [0.1, 0.15) is 11.6 Å². The number of carboxylic acid groups (broad SMARTS) is 1. The van der Waals surface area contributed by atoms with E-state index >= 15 is 0 Å². The van der Waals surface area contributed by atoms with E-state index in [1.165, 1.54) is 0 Å². The lowest BCUT2D eigenvalue weighted by Crippen LogP contribution is -2.06. The Morgan fingerprint density at radius 1 is 1.40 bits per heavy atom. The minimum atomic E-state index is -0.794. The number of aliphatic carboxylic acids is 1. The van der Waals surface area contributed by atoms with Gasteiger partial charge in [-0.05, 0) is 12.5 Å². The van der Waals surface area contributed by atoms with Gasteiger partial charge in [0.2, 0.25) is 0 Å². The van der Waals surface area contributed by atoms with Crippen molar-refractivity contribution in [2.45, 2.75) is 19.3 Å². The van der Waals surface area contributed by atoms with E-state index in [2.05, 4.69) is 4.98 Å². The van der Waals surface area contributed by atoms with Gasteiger partial charge in [-0.2, -0.15) is 0 Å². The summed E-state index contributed by atoms with van der Waals surface area (Å²) in [6, 6.07) is 7.82. The number of hydrogen-bond acceptors (Lipinski definition) is 3. The average Bonchev–Trinajstić information content (AvgIpc) is 2.78. The van der Waals surface area contributed by atoms with Crippen molar-refractivity contribution in [2.75, 3.05) is 7.11 Å². The van der Waals surface area contributed by atoms with Gasteiger partial charge >= 0.3 is 5.97 Å². The molecule has 0 saturated carbocycles. The number of carbonyl (C=O) groups is 1. The summed E-state index contributed by atoms with van der Waals surface area (Å²) >= 11 is 0. The lowest BCUT2D eigenvalue weighted by Gasteiger charge is -2.09. The van der Waals surface area contributed by atoms with Crippen molar-refractivity contribution in [3.63, 3.8) is 0 Å². The van der Waals surface area contributed by atoms with E-state index in [1.807, 2.05) is 35.9 Å². The van der Waals surface area contributed by atoms with Gasteiger partial charge in [0.15, 0.2) is 0 Å². The van der Waals surface area contributed by atoms with Crippen LogP contribution in [-0.4, -0.2) is 27.7 Å². The molecule has 20 heavy (non-hydrogen) atoms. The van der Waals surface area contributed by atoms with Crippen LogP contribution in [0.5, 0.6) is 5.75 Å². The van der Waals surface area contributed by atoms with Crippen molar-refractivity contribution >= 4 is 5.97 Å². The summed E-state index contributed by atoms with van der Waals surface area (Å²) in [6.45, 7) is 0. The van der Waals surface area contributed by atoms with Crippen molar-refractivity contribution in [1.82, 2.24) is 9.55 Å². The highest BCUT2D eigenvalue weighted by Crippen LogP contribution is 2.20. The number of aromatic nitrogens is 2. The smallest absolute Gasteiger partial charge is 0.303 e. The van der Waals surface area contributed by atoms with Crippen LogP contribution in [0.2, 0.25) is 0 Å². The molecular weight excluding hydrogens is 256 g/mol. The Labute approximate surface area is 117 Å². The molecule has 0 amide bonds. The fourth-order valence-electron chi connectivity index (χ4n) is 2.14. The average molecular weight is 274 g/mol. The molecule has 1 aromatic heterocycles. The maximum Gasteiger partial charge on any atom is 0.303 e. The normalized spacial score (nSPS) is 10.5. The summed E-state index contributed by atoms with van der Waals surface area (Å²) in [7, 11) is 3.56. The molecule has 0 aliphatic rings. The maximum absolute atomic E-state index is 10.6. The Kier molecular flexibility index (Phi) is 4.40. The molecule has 106 valence electrons. The van der Waals surface area contributed by atoms with Crippen LogP contribution in [0.4, 0.5) is 0 Å². The van der Waals surface area contributed by atoms with Gasteiger partial charge in [-0.15, -0.1) is 0 Å². The molecule has 1 N–H and O–H groups in total. The highest BCUT2D eigenvalue weighted by atomic mass is 16.5. The molecule has 0 radical (unpaired) electrons. The van der Waals surface area contributed by atoms with E-state index in [-0.39, 0.29) is 6.42 Å². The van der Waals surface area contributed by atoms with E-state index in [4.69, 9.17) is 9.84 Å². The second kappa shape index (κ2) is 6.23. The van der Waals surface area contributed by atoms with Crippen LogP contribution in [0.3, 0.4) is 0 Å². The van der Waals surface area contributed by atoms with E-state index in [1.54, 1.807) is 13.3 Å². The minimum absolute atomic E-state index is 0.119. The number of imidazole rings is 1. The molecule has 0 aliphatic heterocycles. The van der Waals surface area contributed by atoms with E-state index in [9.17, 15) is 4.79 Å². The molecule has 0 bridgehead atoms. The van der Waals surface area contributed by atoms with Gasteiger partial charge in [-0.1, -0.05) is 18.2 Å². The SMILES string of the molecule is COc1ccccc1Cc1ncc(CCC(=O)O)n1C. The van der Waals surface area contributed by atoms with Crippen molar-refractivity contribution < 1.29 is 14.6 Å². The lowest BCUT2D eigenvalue weighted by atomic mass is 10.1. The second-order valence-corrected chi connectivity index (χ2v) is 4.61. The zero-order valence-corrected chi connectivity index (χ0v) is 11.7. The van der Waals surface area contributed by atoms with Crippen LogP contribution >= 0.6 is 0 Å².